The molecule has 3 nitrogen and oxygen atoms in total. The molecule has 0 aromatic rings. The van der Waals surface area contributed by atoms with E-state index in [-0.39, 0.29) is 5.91 Å². The third kappa shape index (κ3) is 2.05. The highest BCUT2D eigenvalue weighted by Crippen LogP contribution is 2.27. The fourth-order valence-electron chi connectivity index (χ4n) is 2.37. The molecule has 74 valence electrons. The number of carbonyl (C=O) groups is 1. The molecular formula is C9H15BrN2O. The van der Waals surface area contributed by atoms with Gasteiger partial charge in [-0.1, -0.05) is 15.9 Å². The first-order valence-corrected chi connectivity index (χ1v) is 5.99. The molecule has 0 spiro atoms. The second-order valence-corrected chi connectivity index (χ2v) is 4.51. The molecule has 0 aromatic carbocycles. The van der Waals surface area contributed by atoms with Crippen molar-refractivity contribution in [1.82, 2.24) is 10.2 Å². The van der Waals surface area contributed by atoms with Crippen LogP contribution in [-0.2, 0) is 4.79 Å². The average molecular weight is 247 g/mol. The molecule has 3 aliphatic rings. The van der Waals surface area contributed by atoms with Crippen molar-refractivity contribution in [2.45, 2.75) is 18.9 Å². The molecule has 3 fully saturated rings. The fourth-order valence-corrected chi connectivity index (χ4v) is 2.54. The second kappa shape index (κ2) is 3.96. The molecule has 0 saturated carbocycles. The molecule has 1 unspecified atom stereocenters. The molecule has 3 heterocycles. The molecule has 3 rings (SSSR count). The third-order valence-electron chi connectivity index (χ3n) is 3.12. The number of fused-ring (bicyclic) bond motifs is 3. The van der Waals surface area contributed by atoms with Gasteiger partial charge >= 0.3 is 0 Å². The monoisotopic (exact) mass is 246 g/mol. The van der Waals surface area contributed by atoms with Gasteiger partial charge in [-0.25, -0.2) is 0 Å². The number of nitrogens with zero attached hydrogens (tertiary/aromatic N) is 1. The first kappa shape index (κ1) is 9.46. The minimum atomic E-state index is 0.124. The van der Waals surface area contributed by atoms with Crippen LogP contribution in [0.2, 0.25) is 0 Å². The van der Waals surface area contributed by atoms with Gasteiger partial charge in [0.2, 0.25) is 5.91 Å². The van der Waals surface area contributed by atoms with Crippen LogP contribution in [0.4, 0.5) is 0 Å². The van der Waals surface area contributed by atoms with Crippen molar-refractivity contribution in [3.05, 3.63) is 0 Å². The van der Waals surface area contributed by atoms with Crippen molar-refractivity contribution in [2.24, 2.45) is 5.92 Å². The highest BCUT2D eigenvalue weighted by Gasteiger charge is 2.34. The van der Waals surface area contributed by atoms with E-state index in [0.717, 1.165) is 12.5 Å². The summed E-state index contributed by atoms with van der Waals surface area (Å²) in [5.74, 6) is 0.853. The zero-order chi connectivity index (χ0) is 9.26. The lowest BCUT2D eigenvalue weighted by atomic mass is 9.84. The summed E-state index contributed by atoms with van der Waals surface area (Å²) in [6.45, 7) is 3.51. The standard InChI is InChI=1S/C9H15BrN2O/c10-5-9(13)11-8-6-12-3-1-7(8)2-4-12/h7-8H,1-6H2,(H,11,13). The van der Waals surface area contributed by atoms with E-state index in [1.54, 1.807) is 0 Å². The summed E-state index contributed by atoms with van der Waals surface area (Å²) in [4.78, 5) is 13.6. The lowest BCUT2D eigenvalue weighted by Crippen LogP contribution is -2.57. The Bertz CT molecular complexity index is 202. The van der Waals surface area contributed by atoms with Gasteiger partial charge in [-0.05, 0) is 31.8 Å². The summed E-state index contributed by atoms with van der Waals surface area (Å²) < 4.78 is 0. The molecular weight excluding hydrogens is 232 g/mol. The molecule has 0 aliphatic carbocycles. The Hall–Kier alpha value is -0.0900. The van der Waals surface area contributed by atoms with E-state index in [4.69, 9.17) is 0 Å². The average Bonchev–Trinajstić information content (AvgIpc) is 2.19. The second-order valence-electron chi connectivity index (χ2n) is 3.95. The van der Waals surface area contributed by atoms with Crippen LogP contribution >= 0.6 is 15.9 Å². The topological polar surface area (TPSA) is 32.3 Å². The van der Waals surface area contributed by atoms with E-state index in [0.29, 0.717) is 11.4 Å². The van der Waals surface area contributed by atoms with Crippen molar-refractivity contribution in [3.8, 4) is 0 Å². The Morgan fingerprint density at radius 1 is 1.46 bits per heavy atom. The van der Waals surface area contributed by atoms with Gasteiger partial charge in [0.25, 0.3) is 0 Å². The first-order chi connectivity index (χ1) is 6.29. The van der Waals surface area contributed by atoms with E-state index in [1.165, 1.54) is 25.9 Å². The predicted molar refractivity (Wildman–Crippen MR) is 54.9 cm³/mol. The maximum Gasteiger partial charge on any atom is 0.230 e. The van der Waals surface area contributed by atoms with Crippen LogP contribution in [0, 0.1) is 5.92 Å². The van der Waals surface area contributed by atoms with Crippen LogP contribution < -0.4 is 5.32 Å². The van der Waals surface area contributed by atoms with Crippen molar-refractivity contribution >= 4 is 21.8 Å². The summed E-state index contributed by atoms with van der Waals surface area (Å²) in [6, 6.07) is 0.410. The molecule has 3 aliphatic heterocycles. The fraction of sp³-hybridized carbons (Fsp3) is 0.889. The lowest BCUT2D eigenvalue weighted by Gasteiger charge is -2.44. The molecule has 1 N–H and O–H groups in total. The van der Waals surface area contributed by atoms with Gasteiger partial charge in [0.1, 0.15) is 0 Å². The van der Waals surface area contributed by atoms with E-state index in [1.807, 2.05) is 0 Å². The SMILES string of the molecule is O=C(CBr)NC1CN2CCC1CC2. The summed E-state index contributed by atoms with van der Waals surface area (Å²) in [5, 5.41) is 3.50. The Balaban J connectivity index is 1.90. The molecule has 1 atom stereocenters. The molecule has 0 radical (unpaired) electrons. The van der Waals surface area contributed by atoms with E-state index in [9.17, 15) is 4.79 Å². The number of hydrogen-bond donors (Lipinski definition) is 1. The van der Waals surface area contributed by atoms with Gasteiger partial charge in [-0.2, -0.15) is 0 Å². The van der Waals surface area contributed by atoms with Crippen LogP contribution in [0.3, 0.4) is 0 Å². The van der Waals surface area contributed by atoms with E-state index < -0.39 is 0 Å². The van der Waals surface area contributed by atoms with Crippen LogP contribution in [0.15, 0.2) is 0 Å². The van der Waals surface area contributed by atoms with Crippen LogP contribution in [0.5, 0.6) is 0 Å². The highest BCUT2D eigenvalue weighted by molar-refractivity contribution is 9.09. The normalized spacial score (nSPS) is 37.5. The Labute approximate surface area is 87.0 Å². The van der Waals surface area contributed by atoms with Crippen molar-refractivity contribution < 1.29 is 4.79 Å². The van der Waals surface area contributed by atoms with Crippen molar-refractivity contribution in [3.63, 3.8) is 0 Å². The number of hydrogen-bond acceptors (Lipinski definition) is 2. The van der Waals surface area contributed by atoms with Gasteiger partial charge in [0.15, 0.2) is 0 Å². The Morgan fingerprint density at radius 3 is 2.62 bits per heavy atom. The number of rotatable bonds is 2. The minimum Gasteiger partial charge on any atom is -0.351 e. The lowest BCUT2D eigenvalue weighted by molar-refractivity contribution is -0.120. The number of alkyl halides is 1. The number of amides is 1. The molecule has 3 saturated heterocycles. The van der Waals surface area contributed by atoms with Crippen LogP contribution in [-0.4, -0.2) is 41.8 Å². The number of nitrogens with one attached hydrogen (secondary N) is 1. The Morgan fingerprint density at radius 2 is 2.15 bits per heavy atom. The van der Waals surface area contributed by atoms with Gasteiger partial charge < -0.3 is 10.2 Å². The highest BCUT2D eigenvalue weighted by atomic mass is 79.9. The van der Waals surface area contributed by atoms with Crippen molar-refractivity contribution in [2.75, 3.05) is 25.0 Å². The Kier molecular flexibility index (Phi) is 2.89. The zero-order valence-corrected chi connectivity index (χ0v) is 9.22. The molecule has 1 amide bonds. The third-order valence-corrected chi connectivity index (χ3v) is 3.63. The predicted octanol–water partition coefficient (Wildman–Crippen LogP) is 0.592. The molecule has 0 aromatic heterocycles. The number of carbonyl (C=O) groups excluding carboxylic acids is 1. The summed E-state index contributed by atoms with van der Waals surface area (Å²) >= 11 is 3.17. The van der Waals surface area contributed by atoms with E-state index in [2.05, 4.69) is 26.1 Å². The molecule has 13 heavy (non-hydrogen) atoms. The van der Waals surface area contributed by atoms with Crippen LogP contribution in [0.25, 0.3) is 0 Å². The van der Waals surface area contributed by atoms with Crippen molar-refractivity contribution in [1.29, 1.82) is 0 Å². The summed E-state index contributed by atoms with van der Waals surface area (Å²) in [7, 11) is 0. The van der Waals surface area contributed by atoms with Gasteiger partial charge in [-0.3, -0.25) is 4.79 Å². The van der Waals surface area contributed by atoms with Gasteiger partial charge in [0.05, 0.1) is 5.33 Å². The van der Waals surface area contributed by atoms with Gasteiger partial charge in [0, 0.05) is 12.6 Å². The number of halogens is 1. The summed E-state index contributed by atoms with van der Waals surface area (Å²) in [5.41, 5.74) is 0. The first-order valence-electron chi connectivity index (χ1n) is 4.87. The zero-order valence-electron chi connectivity index (χ0n) is 7.63. The van der Waals surface area contributed by atoms with E-state index >= 15 is 0 Å². The molecule has 2 bridgehead atoms. The number of piperidine rings is 3. The maximum absolute atomic E-state index is 11.2. The smallest absolute Gasteiger partial charge is 0.230 e. The molecule has 4 heteroatoms. The minimum absolute atomic E-state index is 0.124. The maximum atomic E-state index is 11.2. The van der Waals surface area contributed by atoms with Crippen LogP contribution in [0.1, 0.15) is 12.8 Å². The van der Waals surface area contributed by atoms with Gasteiger partial charge in [-0.15, -0.1) is 0 Å². The quantitative estimate of drug-likeness (QED) is 0.724. The largest absolute Gasteiger partial charge is 0.351 e. The summed E-state index contributed by atoms with van der Waals surface area (Å²) in [6.07, 6.45) is 2.51.